The molecular formula is C13H19N5O. The summed E-state index contributed by atoms with van der Waals surface area (Å²) in [5.41, 5.74) is 1.76. The van der Waals surface area contributed by atoms with Gasteiger partial charge in [-0.1, -0.05) is 0 Å². The van der Waals surface area contributed by atoms with Crippen LogP contribution in [0.1, 0.15) is 31.3 Å². The van der Waals surface area contributed by atoms with Gasteiger partial charge < -0.3 is 5.32 Å². The van der Waals surface area contributed by atoms with Crippen LogP contribution >= 0.6 is 0 Å². The number of nitrogens with one attached hydrogen (secondary N) is 1. The van der Waals surface area contributed by atoms with Crippen molar-refractivity contribution in [2.75, 3.05) is 0 Å². The van der Waals surface area contributed by atoms with Crippen LogP contribution in [0.4, 0.5) is 0 Å². The van der Waals surface area contributed by atoms with E-state index in [0.29, 0.717) is 6.54 Å². The lowest BCUT2D eigenvalue weighted by Gasteiger charge is -2.11. The maximum absolute atomic E-state index is 12.0. The third-order valence-electron chi connectivity index (χ3n) is 2.98. The Kier molecular flexibility index (Phi) is 3.99. The molecule has 0 aliphatic heterocycles. The van der Waals surface area contributed by atoms with Crippen LogP contribution in [-0.2, 0) is 17.9 Å². The molecule has 0 aliphatic carbocycles. The normalized spacial score (nSPS) is 12.4. The minimum Gasteiger partial charge on any atom is -0.349 e. The Labute approximate surface area is 112 Å². The molecule has 1 unspecified atom stereocenters. The molecule has 1 N–H and O–H groups in total. The third-order valence-corrected chi connectivity index (χ3v) is 2.98. The molecule has 6 nitrogen and oxygen atoms in total. The molecule has 2 rings (SSSR count). The number of hydrogen-bond acceptors (Lipinski definition) is 3. The second-order valence-corrected chi connectivity index (χ2v) is 4.49. The molecule has 19 heavy (non-hydrogen) atoms. The van der Waals surface area contributed by atoms with Crippen molar-refractivity contribution >= 4 is 5.91 Å². The Morgan fingerprint density at radius 2 is 2.16 bits per heavy atom. The van der Waals surface area contributed by atoms with Gasteiger partial charge in [0, 0.05) is 18.9 Å². The molecule has 0 bridgehead atoms. The van der Waals surface area contributed by atoms with Crippen LogP contribution in [-0.4, -0.2) is 25.5 Å². The van der Waals surface area contributed by atoms with Crippen molar-refractivity contribution < 1.29 is 4.79 Å². The van der Waals surface area contributed by atoms with Crippen molar-refractivity contribution in [3.63, 3.8) is 0 Å². The molecule has 0 radical (unpaired) electrons. The molecule has 0 aliphatic rings. The molecule has 6 heteroatoms. The van der Waals surface area contributed by atoms with Gasteiger partial charge in [-0.15, -0.1) is 0 Å². The number of rotatable bonds is 5. The number of aryl methyl sites for hydroxylation is 2. The summed E-state index contributed by atoms with van der Waals surface area (Å²) in [5, 5.41) is 11.4. The van der Waals surface area contributed by atoms with E-state index in [1.807, 2.05) is 50.0 Å². The molecule has 0 saturated carbocycles. The smallest absolute Gasteiger partial charge is 0.244 e. The van der Waals surface area contributed by atoms with E-state index in [4.69, 9.17) is 0 Å². The van der Waals surface area contributed by atoms with Crippen LogP contribution in [0.2, 0.25) is 0 Å². The summed E-state index contributed by atoms with van der Waals surface area (Å²) in [7, 11) is 0. The van der Waals surface area contributed by atoms with Crippen LogP contribution in [0, 0.1) is 6.92 Å². The topological polar surface area (TPSA) is 64.7 Å². The van der Waals surface area contributed by atoms with Crippen molar-refractivity contribution in [1.29, 1.82) is 0 Å². The standard InChI is InChI=1S/C13H19N5O/c1-4-17-7-6-12(16-17)9-14-13(19)11(3)18-8-5-10(2)15-18/h5-8,11H,4,9H2,1-3H3,(H,14,19). The minimum atomic E-state index is -0.318. The molecule has 0 aromatic carbocycles. The second-order valence-electron chi connectivity index (χ2n) is 4.49. The number of carbonyl (C=O) groups excluding carboxylic acids is 1. The molecule has 1 atom stereocenters. The average Bonchev–Trinajstić information content (AvgIpc) is 3.03. The summed E-state index contributed by atoms with van der Waals surface area (Å²) >= 11 is 0. The predicted molar refractivity (Wildman–Crippen MR) is 71.4 cm³/mol. The third kappa shape index (κ3) is 3.21. The Bertz CT molecular complexity index is 557. The zero-order chi connectivity index (χ0) is 13.8. The van der Waals surface area contributed by atoms with E-state index in [-0.39, 0.29) is 11.9 Å². The fourth-order valence-electron chi connectivity index (χ4n) is 1.77. The SMILES string of the molecule is CCn1ccc(CNC(=O)C(C)n2ccc(C)n2)n1. The van der Waals surface area contributed by atoms with Gasteiger partial charge in [0.1, 0.15) is 6.04 Å². The first-order chi connectivity index (χ1) is 9.10. The maximum Gasteiger partial charge on any atom is 0.244 e. The van der Waals surface area contributed by atoms with Crippen LogP contribution in [0.5, 0.6) is 0 Å². The van der Waals surface area contributed by atoms with Gasteiger partial charge in [0.2, 0.25) is 5.91 Å². The highest BCUT2D eigenvalue weighted by molar-refractivity contribution is 5.79. The van der Waals surface area contributed by atoms with E-state index in [9.17, 15) is 4.79 Å². The molecule has 0 fully saturated rings. The molecule has 2 heterocycles. The first-order valence-electron chi connectivity index (χ1n) is 6.42. The quantitative estimate of drug-likeness (QED) is 0.882. The highest BCUT2D eigenvalue weighted by atomic mass is 16.2. The van der Waals surface area contributed by atoms with E-state index in [1.54, 1.807) is 4.68 Å². The maximum atomic E-state index is 12.0. The first kappa shape index (κ1) is 13.3. The first-order valence-corrected chi connectivity index (χ1v) is 6.42. The van der Waals surface area contributed by atoms with E-state index in [1.165, 1.54) is 0 Å². The van der Waals surface area contributed by atoms with Crippen molar-refractivity contribution in [2.24, 2.45) is 0 Å². The number of aromatic nitrogens is 4. The van der Waals surface area contributed by atoms with E-state index < -0.39 is 0 Å². The molecule has 2 aromatic heterocycles. The summed E-state index contributed by atoms with van der Waals surface area (Å²) in [6.07, 6.45) is 3.72. The van der Waals surface area contributed by atoms with Crippen LogP contribution < -0.4 is 5.32 Å². The number of nitrogens with zero attached hydrogens (tertiary/aromatic N) is 4. The monoisotopic (exact) mass is 261 g/mol. The van der Waals surface area contributed by atoms with Crippen LogP contribution in [0.15, 0.2) is 24.5 Å². The predicted octanol–water partition coefficient (Wildman–Crippen LogP) is 1.29. The number of amides is 1. The number of carbonyl (C=O) groups is 1. The largest absolute Gasteiger partial charge is 0.349 e. The lowest BCUT2D eigenvalue weighted by atomic mass is 10.3. The lowest BCUT2D eigenvalue weighted by Crippen LogP contribution is -2.31. The van der Waals surface area contributed by atoms with Gasteiger partial charge in [0.15, 0.2) is 0 Å². The summed E-state index contributed by atoms with van der Waals surface area (Å²) < 4.78 is 3.50. The van der Waals surface area contributed by atoms with Gasteiger partial charge in [-0.05, 0) is 32.9 Å². The van der Waals surface area contributed by atoms with Gasteiger partial charge in [-0.3, -0.25) is 14.2 Å². The summed E-state index contributed by atoms with van der Waals surface area (Å²) in [5.74, 6) is -0.0610. The number of hydrogen-bond donors (Lipinski definition) is 1. The Morgan fingerprint density at radius 1 is 1.37 bits per heavy atom. The van der Waals surface area contributed by atoms with Crippen molar-refractivity contribution in [2.45, 2.75) is 39.9 Å². The van der Waals surface area contributed by atoms with Crippen molar-refractivity contribution in [1.82, 2.24) is 24.9 Å². The summed E-state index contributed by atoms with van der Waals surface area (Å²) in [6.45, 7) is 7.02. The van der Waals surface area contributed by atoms with Crippen LogP contribution in [0.25, 0.3) is 0 Å². The molecule has 1 amide bonds. The highest BCUT2D eigenvalue weighted by Crippen LogP contribution is 2.06. The van der Waals surface area contributed by atoms with Crippen LogP contribution in [0.3, 0.4) is 0 Å². The van der Waals surface area contributed by atoms with E-state index >= 15 is 0 Å². The fraction of sp³-hybridized carbons (Fsp3) is 0.462. The van der Waals surface area contributed by atoms with Crippen molar-refractivity contribution in [3.05, 3.63) is 35.9 Å². The Morgan fingerprint density at radius 3 is 2.74 bits per heavy atom. The lowest BCUT2D eigenvalue weighted by molar-refractivity contribution is -0.124. The Balaban J connectivity index is 1.90. The van der Waals surface area contributed by atoms with E-state index in [0.717, 1.165) is 17.9 Å². The zero-order valence-electron chi connectivity index (χ0n) is 11.5. The minimum absolute atomic E-state index is 0.0610. The van der Waals surface area contributed by atoms with Crippen molar-refractivity contribution in [3.8, 4) is 0 Å². The second kappa shape index (κ2) is 5.69. The van der Waals surface area contributed by atoms with Gasteiger partial charge >= 0.3 is 0 Å². The fourth-order valence-corrected chi connectivity index (χ4v) is 1.77. The van der Waals surface area contributed by atoms with Gasteiger partial charge in [0.05, 0.1) is 17.9 Å². The molecule has 0 spiro atoms. The summed E-state index contributed by atoms with van der Waals surface area (Å²) in [4.78, 5) is 12.0. The molecule has 2 aromatic rings. The molecule has 0 saturated heterocycles. The van der Waals surface area contributed by atoms with Gasteiger partial charge in [0.25, 0.3) is 0 Å². The Hall–Kier alpha value is -2.11. The molecular weight excluding hydrogens is 242 g/mol. The highest BCUT2D eigenvalue weighted by Gasteiger charge is 2.15. The van der Waals surface area contributed by atoms with Gasteiger partial charge in [-0.2, -0.15) is 10.2 Å². The van der Waals surface area contributed by atoms with E-state index in [2.05, 4.69) is 15.5 Å². The van der Waals surface area contributed by atoms with Gasteiger partial charge in [-0.25, -0.2) is 0 Å². The zero-order valence-corrected chi connectivity index (χ0v) is 11.5. The molecule has 102 valence electrons. The average molecular weight is 261 g/mol. The summed E-state index contributed by atoms with van der Waals surface area (Å²) in [6, 6.07) is 3.47.